The van der Waals surface area contributed by atoms with Gasteiger partial charge in [-0.25, -0.2) is 0 Å². The molecule has 4 heterocycles. The van der Waals surface area contributed by atoms with E-state index in [1.807, 2.05) is 134 Å². The number of amides is 2. The number of aromatic nitrogens is 6. The Hall–Kier alpha value is -4.42. The van der Waals surface area contributed by atoms with E-state index in [0.717, 1.165) is 21.2 Å². The lowest BCUT2D eigenvalue weighted by Gasteiger charge is -2.10. The molecule has 17 heteroatoms. The monoisotopic (exact) mass is 807 g/mol. The quantitative estimate of drug-likeness (QED) is 0.0752. The molecule has 0 saturated carbocycles. The zero-order valence-corrected chi connectivity index (χ0v) is 34.6. The van der Waals surface area contributed by atoms with E-state index in [4.69, 9.17) is 8.83 Å². The van der Waals surface area contributed by atoms with Gasteiger partial charge in [0.15, 0.2) is 33.5 Å². The van der Waals surface area contributed by atoms with Crippen molar-refractivity contribution in [3.8, 4) is 23.2 Å². The number of thioether (sulfide) groups is 3. The Morgan fingerprint density at radius 1 is 0.667 bits per heavy atom. The third-order valence-electron chi connectivity index (χ3n) is 7.01. The molecule has 0 unspecified atom stereocenters. The maximum absolute atomic E-state index is 12.3. The van der Waals surface area contributed by atoms with Crippen molar-refractivity contribution in [1.82, 2.24) is 33.8 Å². The molecule has 0 spiro atoms. The van der Waals surface area contributed by atoms with Crippen molar-refractivity contribution in [2.45, 2.75) is 60.9 Å². The molecule has 13 nitrogen and oxygen atoms in total. The predicted molar refractivity (Wildman–Crippen MR) is 221 cm³/mol. The van der Waals surface area contributed by atoms with Crippen molar-refractivity contribution in [3.05, 3.63) is 85.3 Å². The second-order valence-electron chi connectivity index (χ2n) is 10.9. The lowest BCUT2D eigenvalue weighted by atomic mass is 10.3. The molecule has 0 aliphatic heterocycles. The van der Waals surface area contributed by atoms with Crippen molar-refractivity contribution < 1.29 is 18.4 Å². The molecule has 0 radical (unpaired) electrons. The fourth-order valence-corrected chi connectivity index (χ4v) is 7.37. The van der Waals surface area contributed by atoms with Crippen molar-refractivity contribution in [1.29, 1.82) is 0 Å². The van der Waals surface area contributed by atoms with Gasteiger partial charge in [-0.3, -0.25) is 23.0 Å². The van der Waals surface area contributed by atoms with Crippen LogP contribution in [0.3, 0.4) is 0 Å². The minimum Gasteiger partial charge on any atom is -0.461 e. The van der Waals surface area contributed by atoms with Crippen LogP contribution >= 0.6 is 47.2 Å². The smallest absolute Gasteiger partial charge is 0.234 e. The maximum Gasteiger partial charge on any atom is 0.234 e. The summed E-state index contributed by atoms with van der Waals surface area (Å²) in [5, 5.41) is 23.9. The highest BCUT2D eigenvalue weighted by molar-refractivity contribution is 8.00. The Bertz CT molecular complexity index is 2000. The molecular formula is C37H45N9O4S4. The van der Waals surface area contributed by atoms with Gasteiger partial charge in [0.05, 0.1) is 24.0 Å². The SMILES string of the molecule is CC.CCn1c(SCC(=O)Nc2ccc(SC)cc2)nnc1-c1ccco1.CCn1c(SCC(=O)Nc2ccc(SN(C)C)cc2)nnc1-c1ccco1. The van der Waals surface area contributed by atoms with Gasteiger partial charge in [0.25, 0.3) is 0 Å². The summed E-state index contributed by atoms with van der Waals surface area (Å²) in [6.45, 7) is 9.40. The fourth-order valence-electron chi connectivity index (χ4n) is 4.68. The van der Waals surface area contributed by atoms with Gasteiger partial charge in [-0.1, -0.05) is 37.4 Å². The maximum atomic E-state index is 12.3. The first-order valence-electron chi connectivity index (χ1n) is 17.2. The number of benzene rings is 2. The second-order valence-corrected chi connectivity index (χ2v) is 15.0. The van der Waals surface area contributed by atoms with Crippen molar-refractivity contribution in [2.24, 2.45) is 0 Å². The lowest BCUT2D eigenvalue weighted by molar-refractivity contribution is -0.114. The number of hydrogen-bond donors (Lipinski definition) is 2. The average Bonchev–Trinajstić information content (AvgIpc) is 4.02. The number of hydrogen-bond acceptors (Lipinski definition) is 13. The first-order valence-corrected chi connectivity index (χ1v) is 21.1. The van der Waals surface area contributed by atoms with Crippen LogP contribution < -0.4 is 10.6 Å². The normalized spacial score (nSPS) is 10.7. The van der Waals surface area contributed by atoms with E-state index in [9.17, 15) is 9.59 Å². The Balaban J connectivity index is 0.000000231. The summed E-state index contributed by atoms with van der Waals surface area (Å²) in [6, 6.07) is 22.8. The van der Waals surface area contributed by atoms with Crippen LogP contribution in [0.4, 0.5) is 11.4 Å². The van der Waals surface area contributed by atoms with Gasteiger partial charge < -0.3 is 19.5 Å². The van der Waals surface area contributed by atoms with Gasteiger partial charge in [-0.15, -0.1) is 32.2 Å². The van der Waals surface area contributed by atoms with Crippen LogP contribution in [-0.4, -0.2) is 77.5 Å². The molecule has 4 aromatic heterocycles. The molecule has 0 bridgehead atoms. The van der Waals surface area contributed by atoms with Crippen LogP contribution in [0, 0.1) is 0 Å². The summed E-state index contributed by atoms with van der Waals surface area (Å²) in [5.74, 6) is 3.02. The Kier molecular flexibility index (Phi) is 17.3. The van der Waals surface area contributed by atoms with Gasteiger partial charge in [-0.05, 0) is 119 Å². The molecule has 6 rings (SSSR count). The number of anilines is 2. The standard InChI is InChI=1S/C18H21N5O2S2.C17H18N4O2S2.C2H6/c1-4-23-17(15-6-5-11-25-15)20-21-18(23)26-12-16(24)19-13-7-9-14(10-8-13)27-22(2)3;1-3-21-16(14-5-4-10-23-14)19-20-17(21)25-11-15(22)18-12-6-8-13(24-2)9-7-12;1-2/h5-11H,4,12H2,1-3H3,(H,19,24);4-10H,3,11H2,1-2H3,(H,18,22);1-2H3. The van der Waals surface area contributed by atoms with Crippen LogP contribution in [0.25, 0.3) is 23.2 Å². The van der Waals surface area contributed by atoms with E-state index in [1.165, 1.54) is 23.5 Å². The number of carbonyl (C=O) groups is 2. The van der Waals surface area contributed by atoms with Crippen LogP contribution in [0.1, 0.15) is 27.7 Å². The zero-order chi connectivity index (χ0) is 38.9. The van der Waals surface area contributed by atoms with Crippen LogP contribution in [-0.2, 0) is 22.7 Å². The molecular weight excluding hydrogens is 763 g/mol. The number of nitrogens with zero attached hydrogens (tertiary/aromatic N) is 7. The number of furan rings is 2. The molecule has 54 heavy (non-hydrogen) atoms. The van der Waals surface area contributed by atoms with Crippen LogP contribution in [0.5, 0.6) is 0 Å². The van der Waals surface area contributed by atoms with E-state index < -0.39 is 0 Å². The summed E-state index contributed by atoms with van der Waals surface area (Å²) in [6.07, 6.45) is 5.23. The van der Waals surface area contributed by atoms with Crippen molar-refractivity contribution in [2.75, 3.05) is 42.5 Å². The highest BCUT2D eigenvalue weighted by atomic mass is 32.2. The van der Waals surface area contributed by atoms with E-state index in [2.05, 4.69) is 31.0 Å². The van der Waals surface area contributed by atoms with Gasteiger partial charge >= 0.3 is 0 Å². The van der Waals surface area contributed by atoms with Gasteiger partial charge in [0.2, 0.25) is 11.8 Å². The summed E-state index contributed by atoms with van der Waals surface area (Å²) in [5.41, 5.74) is 1.56. The topological polar surface area (TPSA) is 149 Å². The molecule has 286 valence electrons. The minimum absolute atomic E-state index is 0.0768. The number of rotatable bonds is 15. The van der Waals surface area contributed by atoms with Crippen molar-refractivity contribution >= 4 is 70.4 Å². The highest BCUT2D eigenvalue weighted by Crippen LogP contribution is 2.27. The largest absolute Gasteiger partial charge is 0.461 e. The predicted octanol–water partition coefficient (Wildman–Crippen LogP) is 8.89. The molecule has 2 aromatic carbocycles. The minimum atomic E-state index is -0.0850. The number of carbonyl (C=O) groups excluding carboxylic acids is 2. The third-order valence-corrected chi connectivity index (χ3v) is 10.5. The Morgan fingerprint density at radius 3 is 1.44 bits per heavy atom. The molecule has 0 atom stereocenters. The molecule has 0 aliphatic carbocycles. The van der Waals surface area contributed by atoms with Gasteiger partial charge in [0.1, 0.15) is 0 Å². The van der Waals surface area contributed by atoms with E-state index in [1.54, 1.807) is 36.2 Å². The second kappa shape index (κ2) is 22.1. The van der Waals surface area contributed by atoms with E-state index in [0.29, 0.717) is 46.6 Å². The molecule has 0 saturated heterocycles. The van der Waals surface area contributed by atoms with E-state index in [-0.39, 0.29) is 23.3 Å². The first kappa shape index (κ1) is 42.3. The lowest BCUT2D eigenvalue weighted by Crippen LogP contribution is -2.14. The van der Waals surface area contributed by atoms with Crippen molar-refractivity contribution in [3.63, 3.8) is 0 Å². The summed E-state index contributed by atoms with van der Waals surface area (Å²) < 4.78 is 16.7. The molecule has 0 fully saturated rings. The van der Waals surface area contributed by atoms with Crippen LogP contribution in [0.2, 0.25) is 0 Å². The third kappa shape index (κ3) is 12.3. The zero-order valence-electron chi connectivity index (χ0n) is 31.3. The van der Waals surface area contributed by atoms with Crippen LogP contribution in [0.15, 0.2) is 114 Å². The molecule has 2 N–H and O–H groups in total. The highest BCUT2D eigenvalue weighted by Gasteiger charge is 2.18. The molecule has 2 amide bonds. The Labute approximate surface area is 333 Å². The first-order chi connectivity index (χ1) is 26.3. The summed E-state index contributed by atoms with van der Waals surface area (Å²) >= 11 is 6.01. The molecule has 0 aliphatic rings. The summed E-state index contributed by atoms with van der Waals surface area (Å²) in [4.78, 5) is 26.7. The summed E-state index contributed by atoms with van der Waals surface area (Å²) in [7, 11) is 3.98. The molecule has 6 aromatic rings. The van der Waals surface area contributed by atoms with E-state index >= 15 is 0 Å². The Morgan fingerprint density at radius 2 is 1.09 bits per heavy atom. The fraction of sp³-hybridized carbons (Fsp3) is 0.297. The van der Waals surface area contributed by atoms with Gasteiger partial charge in [0, 0.05) is 34.3 Å². The number of nitrogens with one attached hydrogen (secondary N) is 2. The average molecular weight is 808 g/mol. The van der Waals surface area contributed by atoms with Gasteiger partial charge in [-0.2, -0.15) is 0 Å².